The van der Waals surface area contributed by atoms with Crippen LogP contribution >= 0.6 is 11.6 Å². The highest BCUT2D eigenvalue weighted by molar-refractivity contribution is 6.30. The first-order chi connectivity index (χ1) is 9.09. The molecule has 0 radical (unpaired) electrons. The lowest BCUT2D eigenvalue weighted by Gasteiger charge is -2.14. The zero-order chi connectivity index (χ0) is 13.8. The third kappa shape index (κ3) is 3.25. The molecule has 2 aromatic rings. The van der Waals surface area contributed by atoms with Crippen LogP contribution in [-0.2, 0) is 6.61 Å². The van der Waals surface area contributed by atoms with Crippen molar-refractivity contribution in [2.24, 2.45) is 5.73 Å². The number of rotatable bonds is 4. The maximum atomic E-state index is 13.7. The Hall–Kier alpha value is -1.58. The van der Waals surface area contributed by atoms with Crippen molar-refractivity contribution in [1.82, 2.24) is 0 Å². The summed E-state index contributed by atoms with van der Waals surface area (Å²) in [5.41, 5.74) is 7.18. The highest BCUT2D eigenvalue weighted by Gasteiger charge is 2.10. The first kappa shape index (κ1) is 13.8. The summed E-state index contributed by atoms with van der Waals surface area (Å²) in [5, 5.41) is 0.0987. The molecule has 0 aliphatic carbocycles. The van der Waals surface area contributed by atoms with E-state index in [1.807, 2.05) is 31.2 Å². The topological polar surface area (TPSA) is 35.2 Å². The van der Waals surface area contributed by atoms with Crippen molar-refractivity contribution < 1.29 is 9.13 Å². The van der Waals surface area contributed by atoms with Crippen molar-refractivity contribution in [2.45, 2.75) is 19.6 Å². The van der Waals surface area contributed by atoms with Crippen LogP contribution in [0.5, 0.6) is 5.75 Å². The van der Waals surface area contributed by atoms with Gasteiger partial charge in [-0.05, 0) is 19.1 Å². The lowest BCUT2D eigenvalue weighted by Crippen LogP contribution is -2.08. The van der Waals surface area contributed by atoms with Crippen LogP contribution in [0.2, 0.25) is 5.02 Å². The monoisotopic (exact) mass is 279 g/mol. The summed E-state index contributed by atoms with van der Waals surface area (Å²) in [5.74, 6) is 0.222. The zero-order valence-corrected chi connectivity index (χ0v) is 11.3. The van der Waals surface area contributed by atoms with E-state index in [1.165, 1.54) is 6.07 Å². The van der Waals surface area contributed by atoms with Crippen molar-refractivity contribution in [3.05, 3.63) is 64.4 Å². The van der Waals surface area contributed by atoms with E-state index < -0.39 is 5.82 Å². The molecule has 19 heavy (non-hydrogen) atoms. The van der Waals surface area contributed by atoms with E-state index in [2.05, 4.69) is 0 Å². The molecule has 0 saturated carbocycles. The van der Waals surface area contributed by atoms with Crippen LogP contribution < -0.4 is 10.5 Å². The molecule has 0 saturated heterocycles. The van der Waals surface area contributed by atoms with E-state index in [9.17, 15) is 4.39 Å². The third-order valence-electron chi connectivity index (χ3n) is 2.82. The second-order valence-electron chi connectivity index (χ2n) is 4.33. The quantitative estimate of drug-likeness (QED) is 0.915. The van der Waals surface area contributed by atoms with Crippen molar-refractivity contribution in [1.29, 1.82) is 0 Å². The number of halogens is 2. The maximum absolute atomic E-state index is 13.7. The molecule has 100 valence electrons. The molecule has 0 amide bonds. The Morgan fingerprint density at radius 2 is 1.95 bits per heavy atom. The Morgan fingerprint density at radius 3 is 2.68 bits per heavy atom. The van der Waals surface area contributed by atoms with Gasteiger partial charge in [0.1, 0.15) is 18.2 Å². The van der Waals surface area contributed by atoms with Crippen molar-refractivity contribution in [2.75, 3.05) is 0 Å². The van der Waals surface area contributed by atoms with Crippen molar-refractivity contribution in [3.63, 3.8) is 0 Å². The fourth-order valence-corrected chi connectivity index (χ4v) is 2.00. The van der Waals surface area contributed by atoms with Crippen LogP contribution in [0.1, 0.15) is 24.1 Å². The maximum Gasteiger partial charge on any atom is 0.148 e. The molecule has 2 rings (SSSR count). The number of para-hydroxylation sites is 1. The van der Waals surface area contributed by atoms with Crippen LogP contribution in [0.4, 0.5) is 4.39 Å². The molecule has 1 atom stereocenters. The molecule has 0 aliphatic heterocycles. The van der Waals surface area contributed by atoms with Crippen LogP contribution in [0.3, 0.4) is 0 Å². The van der Waals surface area contributed by atoms with Gasteiger partial charge in [0.2, 0.25) is 0 Å². The molecule has 0 spiro atoms. The Morgan fingerprint density at radius 1 is 1.21 bits per heavy atom. The molecule has 2 aromatic carbocycles. The number of benzene rings is 2. The predicted molar refractivity (Wildman–Crippen MR) is 74.8 cm³/mol. The highest BCUT2D eigenvalue weighted by atomic mass is 35.5. The lowest BCUT2D eigenvalue weighted by atomic mass is 10.1. The Balaban J connectivity index is 2.17. The summed E-state index contributed by atoms with van der Waals surface area (Å²) >= 11 is 5.73. The molecule has 4 heteroatoms. The van der Waals surface area contributed by atoms with Gasteiger partial charge in [-0.2, -0.15) is 0 Å². The standard InChI is InChI=1S/C15H15ClFNO/c1-10(18)12-6-2-3-8-14(12)19-9-11-5-4-7-13(16)15(11)17/h2-8,10H,9,18H2,1H3. The molecule has 0 fully saturated rings. The van der Waals surface area contributed by atoms with Gasteiger partial charge >= 0.3 is 0 Å². The summed E-state index contributed by atoms with van der Waals surface area (Å²) in [7, 11) is 0. The molecule has 2 nitrogen and oxygen atoms in total. The zero-order valence-electron chi connectivity index (χ0n) is 10.6. The minimum Gasteiger partial charge on any atom is -0.488 e. The van der Waals surface area contributed by atoms with Gasteiger partial charge in [-0.3, -0.25) is 0 Å². The van der Waals surface area contributed by atoms with E-state index in [0.29, 0.717) is 11.3 Å². The molecule has 1 unspecified atom stereocenters. The van der Waals surface area contributed by atoms with Gasteiger partial charge in [-0.25, -0.2) is 4.39 Å². The van der Waals surface area contributed by atoms with Gasteiger partial charge in [0, 0.05) is 17.2 Å². The summed E-state index contributed by atoms with van der Waals surface area (Å²) in [6, 6.07) is 12.2. The number of ether oxygens (including phenoxy) is 1. The fraction of sp³-hybridized carbons (Fsp3) is 0.200. The van der Waals surface area contributed by atoms with Gasteiger partial charge in [0.15, 0.2) is 0 Å². The van der Waals surface area contributed by atoms with E-state index in [0.717, 1.165) is 5.56 Å². The molecule has 0 aromatic heterocycles. The highest BCUT2D eigenvalue weighted by Crippen LogP contribution is 2.25. The number of hydrogen-bond acceptors (Lipinski definition) is 2. The normalized spacial score (nSPS) is 12.2. The lowest BCUT2D eigenvalue weighted by molar-refractivity contribution is 0.295. The van der Waals surface area contributed by atoms with Gasteiger partial charge in [0.25, 0.3) is 0 Å². The molecule has 0 heterocycles. The van der Waals surface area contributed by atoms with Gasteiger partial charge in [-0.15, -0.1) is 0 Å². The molecule has 0 bridgehead atoms. The fourth-order valence-electron chi connectivity index (χ4n) is 1.80. The predicted octanol–water partition coefficient (Wildman–Crippen LogP) is 4.08. The van der Waals surface area contributed by atoms with Gasteiger partial charge in [-0.1, -0.05) is 41.9 Å². The molecule has 2 N–H and O–H groups in total. The third-order valence-corrected chi connectivity index (χ3v) is 3.12. The minimum atomic E-state index is -0.442. The Bertz CT molecular complexity index is 572. The minimum absolute atomic E-state index is 0.0987. The smallest absolute Gasteiger partial charge is 0.148 e. The van der Waals surface area contributed by atoms with E-state index in [4.69, 9.17) is 22.1 Å². The summed E-state index contributed by atoms with van der Waals surface area (Å²) in [6.07, 6.45) is 0. The van der Waals surface area contributed by atoms with E-state index in [1.54, 1.807) is 12.1 Å². The summed E-state index contributed by atoms with van der Waals surface area (Å²) < 4.78 is 19.4. The first-order valence-corrected chi connectivity index (χ1v) is 6.37. The van der Waals surface area contributed by atoms with Gasteiger partial charge < -0.3 is 10.5 Å². The van der Waals surface area contributed by atoms with Crippen molar-refractivity contribution >= 4 is 11.6 Å². The number of nitrogens with two attached hydrogens (primary N) is 1. The summed E-state index contributed by atoms with van der Waals surface area (Å²) in [6.45, 7) is 2.00. The van der Waals surface area contributed by atoms with Crippen LogP contribution in [-0.4, -0.2) is 0 Å². The molecular formula is C15H15ClFNO. The van der Waals surface area contributed by atoms with Crippen LogP contribution in [0.25, 0.3) is 0 Å². The molecule has 0 aliphatic rings. The van der Waals surface area contributed by atoms with Crippen LogP contribution in [0, 0.1) is 5.82 Å². The second-order valence-corrected chi connectivity index (χ2v) is 4.74. The van der Waals surface area contributed by atoms with Gasteiger partial charge in [0.05, 0.1) is 5.02 Å². The molecular weight excluding hydrogens is 265 g/mol. The Kier molecular flexibility index (Phi) is 4.40. The Labute approximate surface area is 117 Å². The van der Waals surface area contributed by atoms with E-state index in [-0.39, 0.29) is 17.7 Å². The second kappa shape index (κ2) is 6.04. The first-order valence-electron chi connectivity index (χ1n) is 6.00. The SMILES string of the molecule is CC(N)c1ccccc1OCc1cccc(Cl)c1F. The van der Waals surface area contributed by atoms with E-state index >= 15 is 0 Å². The average Bonchev–Trinajstić information content (AvgIpc) is 2.40. The number of hydrogen-bond donors (Lipinski definition) is 1. The summed E-state index contributed by atoms with van der Waals surface area (Å²) in [4.78, 5) is 0. The average molecular weight is 280 g/mol. The largest absolute Gasteiger partial charge is 0.488 e. The van der Waals surface area contributed by atoms with Crippen molar-refractivity contribution in [3.8, 4) is 5.75 Å². The van der Waals surface area contributed by atoms with Crippen LogP contribution in [0.15, 0.2) is 42.5 Å².